The van der Waals surface area contributed by atoms with Gasteiger partial charge < -0.3 is 15.8 Å². The van der Waals surface area contributed by atoms with Crippen LogP contribution >= 0.6 is 11.6 Å². The van der Waals surface area contributed by atoms with Gasteiger partial charge in [-0.15, -0.1) is 0 Å². The number of halogens is 1. The van der Waals surface area contributed by atoms with Crippen molar-refractivity contribution < 1.29 is 4.74 Å². The predicted molar refractivity (Wildman–Crippen MR) is 80.7 cm³/mol. The summed E-state index contributed by atoms with van der Waals surface area (Å²) in [6.07, 6.45) is 0. The van der Waals surface area contributed by atoms with Crippen LogP contribution in [-0.2, 0) is 17.9 Å². The number of nitrogens with one attached hydrogen (secondary N) is 1. The number of aryl methyl sites for hydroxylation is 1. The maximum absolute atomic E-state index is 5.99. The number of nitrogens with zero attached hydrogens (tertiary/aromatic N) is 2. The number of aromatic nitrogens is 2. The molecule has 3 N–H and O–H groups in total. The Morgan fingerprint density at radius 3 is 2.60 bits per heavy atom. The minimum atomic E-state index is 0.235. The van der Waals surface area contributed by atoms with E-state index in [1.165, 1.54) is 5.56 Å². The van der Waals surface area contributed by atoms with Gasteiger partial charge in [-0.2, -0.15) is 0 Å². The van der Waals surface area contributed by atoms with Gasteiger partial charge >= 0.3 is 0 Å². The molecule has 2 rings (SSSR count). The predicted octanol–water partition coefficient (Wildman–Crippen LogP) is 2.78. The average Bonchev–Trinajstić information content (AvgIpc) is 2.43. The Morgan fingerprint density at radius 1 is 1.25 bits per heavy atom. The van der Waals surface area contributed by atoms with Gasteiger partial charge in [-0.25, -0.2) is 9.97 Å². The highest BCUT2D eigenvalue weighted by atomic mass is 35.5. The minimum Gasteiger partial charge on any atom is -0.393 e. The van der Waals surface area contributed by atoms with E-state index in [1.807, 2.05) is 0 Å². The van der Waals surface area contributed by atoms with Gasteiger partial charge in [0.15, 0.2) is 16.8 Å². The zero-order valence-electron chi connectivity index (χ0n) is 11.5. The van der Waals surface area contributed by atoms with Crippen LogP contribution in [0.4, 0.5) is 11.5 Å². The summed E-state index contributed by atoms with van der Waals surface area (Å²) in [5.41, 5.74) is 8.58. The first-order valence-electron chi connectivity index (χ1n) is 6.20. The molecule has 0 unspecified atom stereocenters. The molecule has 2 aromatic rings. The molecule has 5 nitrogen and oxygen atoms in total. The van der Waals surface area contributed by atoms with Gasteiger partial charge in [0.1, 0.15) is 12.3 Å². The van der Waals surface area contributed by atoms with Crippen molar-refractivity contribution >= 4 is 23.1 Å². The van der Waals surface area contributed by atoms with Crippen LogP contribution in [0, 0.1) is 6.92 Å². The number of hydrogen-bond donors (Lipinski definition) is 2. The maximum atomic E-state index is 5.99. The molecule has 0 amide bonds. The summed E-state index contributed by atoms with van der Waals surface area (Å²) >= 11 is 5.99. The Kier molecular flexibility index (Phi) is 4.76. The molecule has 0 aliphatic heterocycles. The van der Waals surface area contributed by atoms with Gasteiger partial charge in [-0.05, 0) is 12.5 Å². The van der Waals surface area contributed by atoms with Gasteiger partial charge in [0.2, 0.25) is 0 Å². The lowest BCUT2D eigenvalue weighted by Gasteiger charge is -2.11. The van der Waals surface area contributed by atoms with Crippen LogP contribution in [0.15, 0.2) is 24.3 Å². The van der Waals surface area contributed by atoms with Gasteiger partial charge in [-0.3, -0.25) is 0 Å². The third-order valence-corrected chi connectivity index (χ3v) is 3.09. The van der Waals surface area contributed by atoms with Gasteiger partial charge in [-0.1, -0.05) is 41.4 Å². The molecule has 0 saturated carbocycles. The van der Waals surface area contributed by atoms with E-state index in [1.54, 1.807) is 7.11 Å². The summed E-state index contributed by atoms with van der Waals surface area (Å²) in [4.78, 5) is 8.35. The number of methoxy groups -OCH3 is 1. The molecule has 0 aliphatic carbocycles. The van der Waals surface area contributed by atoms with E-state index in [4.69, 9.17) is 22.1 Å². The van der Waals surface area contributed by atoms with E-state index in [2.05, 4.69) is 46.5 Å². The smallest absolute Gasteiger partial charge is 0.158 e. The fraction of sp³-hybridized carbons (Fsp3) is 0.286. The molecule has 0 spiro atoms. The van der Waals surface area contributed by atoms with E-state index >= 15 is 0 Å². The average molecular weight is 293 g/mol. The first kappa shape index (κ1) is 14.6. The minimum absolute atomic E-state index is 0.235. The van der Waals surface area contributed by atoms with Crippen LogP contribution in [-0.4, -0.2) is 17.1 Å². The zero-order valence-corrected chi connectivity index (χ0v) is 12.2. The summed E-state index contributed by atoms with van der Waals surface area (Å²) in [5, 5.41) is 3.41. The van der Waals surface area contributed by atoms with E-state index < -0.39 is 0 Å². The molecule has 0 radical (unpaired) electrons. The summed E-state index contributed by atoms with van der Waals surface area (Å²) < 4.78 is 5.00. The van der Waals surface area contributed by atoms with Gasteiger partial charge in [0, 0.05) is 13.7 Å². The monoisotopic (exact) mass is 292 g/mol. The van der Waals surface area contributed by atoms with Crippen LogP contribution in [0.3, 0.4) is 0 Å². The third-order valence-electron chi connectivity index (χ3n) is 2.80. The lowest BCUT2D eigenvalue weighted by molar-refractivity contribution is 0.178. The number of benzene rings is 1. The fourth-order valence-electron chi connectivity index (χ4n) is 1.71. The lowest BCUT2D eigenvalue weighted by Crippen LogP contribution is -2.09. The molecule has 0 atom stereocenters. The zero-order chi connectivity index (χ0) is 14.5. The molecular weight excluding hydrogens is 276 g/mol. The van der Waals surface area contributed by atoms with Crippen LogP contribution < -0.4 is 11.1 Å². The summed E-state index contributed by atoms with van der Waals surface area (Å²) in [7, 11) is 1.58. The number of nitrogen functional groups attached to an aromatic ring is 1. The Labute approximate surface area is 123 Å². The summed E-state index contributed by atoms with van der Waals surface area (Å²) in [6.45, 7) is 2.96. The van der Waals surface area contributed by atoms with Crippen molar-refractivity contribution in [3.05, 3.63) is 46.4 Å². The van der Waals surface area contributed by atoms with Crippen molar-refractivity contribution in [3.63, 3.8) is 0 Å². The highest BCUT2D eigenvalue weighted by Crippen LogP contribution is 2.24. The molecule has 0 bridgehead atoms. The SMILES string of the molecule is COCc1nc(Cl)c(N)c(NCc2ccc(C)cc2)n1. The topological polar surface area (TPSA) is 73.1 Å². The van der Waals surface area contributed by atoms with Crippen LogP contribution in [0.25, 0.3) is 0 Å². The van der Waals surface area contributed by atoms with Crippen molar-refractivity contribution in [1.82, 2.24) is 9.97 Å². The van der Waals surface area contributed by atoms with Crippen LogP contribution in [0.2, 0.25) is 5.15 Å². The number of hydrogen-bond acceptors (Lipinski definition) is 5. The second-order valence-electron chi connectivity index (χ2n) is 4.47. The Hall–Kier alpha value is -1.85. The molecule has 1 aromatic heterocycles. The Bertz CT molecular complexity index is 586. The molecule has 0 fully saturated rings. The molecule has 1 heterocycles. The molecule has 106 valence electrons. The highest BCUT2D eigenvalue weighted by molar-refractivity contribution is 6.32. The maximum Gasteiger partial charge on any atom is 0.158 e. The van der Waals surface area contributed by atoms with Crippen LogP contribution in [0.5, 0.6) is 0 Å². The first-order valence-corrected chi connectivity index (χ1v) is 6.58. The number of rotatable bonds is 5. The molecule has 20 heavy (non-hydrogen) atoms. The van der Waals surface area contributed by atoms with E-state index in [9.17, 15) is 0 Å². The molecule has 6 heteroatoms. The van der Waals surface area contributed by atoms with Crippen molar-refractivity contribution in [1.29, 1.82) is 0 Å². The molecule has 0 aliphatic rings. The van der Waals surface area contributed by atoms with Crippen molar-refractivity contribution in [2.75, 3.05) is 18.2 Å². The largest absolute Gasteiger partial charge is 0.393 e. The number of anilines is 2. The van der Waals surface area contributed by atoms with E-state index in [0.717, 1.165) is 5.56 Å². The highest BCUT2D eigenvalue weighted by Gasteiger charge is 2.10. The number of nitrogens with two attached hydrogens (primary N) is 1. The molecule has 0 saturated heterocycles. The summed E-state index contributed by atoms with van der Waals surface area (Å²) in [6, 6.07) is 8.22. The fourth-order valence-corrected chi connectivity index (χ4v) is 1.89. The normalized spacial score (nSPS) is 10.6. The Balaban J connectivity index is 2.13. The van der Waals surface area contributed by atoms with Crippen molar-refractivity contribution in [2.24, 2.45) is 0 Å². The first-order chi connectivity index (χ1) is 9.60. The van der Waals surface area contributed by atoms with Crippen LogP contribution in [0.1, 0.15) is 17.0 Å². The quantitative estimate of drug-likeness (QED) is 0.829. The van der Waals surface area contributed by atoms with E-state index in [-0.39, 0.29) is 5.15 Å². The molecular formula is C14H17ClN4O. The van der Waals surface area contributed by atoms with E-state index in [0.29, 0.717) is 30.5 Å². The van der Waals surface area contributed by atoms with Gasteiger partial charge in [0.25, 0.3) is 0 Å². The van der Waals surface area contributed by atoms with Crippen molar-refractivity contribution in [3.8, 4) is 0 Å². The standard InChI is InChI=1S/C14H17ClN4O/c1-9-3-5-10(6-4-9)7-17-14-12(16)13(15)18-11(19-14)8-20-2/h3-6H,7-8,16H2,1-2H3,(H,17,18,19). The Morgan fingerprint density at radius 2 is 1.95 bits per heavy atom. The van der Waals surface area contributed by atoms with Crippen molar-refractivity contribution in [2.45, 2.75) is 20.1 Å². The third kappa shape index (κ3) is 3.59. The number of ether oxygens (including phenoxy) is 1. The van der Waals surface area contributed by atoms with Gasteiger partial charge in [0.05, 0.1) is 0 Å². The second-order valence-corrected chi connectivity index (χ2v) is 4.82. The molecule has 1 aromatic carbocycles. The summed E-state index contributed by atoms with van der Waals surface area (Å²) in [5.74, 6) is 1.02. The lowest BCUT2D eigenvalue weighted by atomic mass is 10.1. The second kappa shape index (κ2) is 6.54.